The van der Waals surface area contributed by atoms with E-state index in [1.54, 1.807) is 6.92 Å². The summed E-state index contributed by atoms with van der Waals surface area (Å²) in [4.78, 5) is 22.5. The van der Waals surface area contributed by atoms with E-state index >= 15 is 0 Å². The van der Waals surface area contributed by atoms with E-state index in [4.69, 9.17) is 5.11 Å². The molecule has 0 spiro atoms. The van der Waals surface area contributed by atoms with Crippen LogP contribution in [0.2, 0.25) is 0 Å². The van der Waals surface area contributed by atoms with E-state index in [1.165, 1.54) is 12.1 Å². The molecule has 0 bridgehead atoms. The van der Waals surface area contributed by atoms with E-state index in [1.807, 2.05) is 0 Å². The minimum atomic E-state index is -4.36. The summed E-state index contributed by atoms with van der Waals surface area (Å²) in [6, 6.07) is 4.49. The van der Waals surface area contributed by atoms with Gasteiger partial charge in [-0.05, 0) is 37.5 Å². The molecule has 2 N–H and O–H groups in total. The van der Waals surface area contributed by atoms with Crippen molar-refractivity contribution in [2.24, 2.45) is 11.8 Å². The van der Waals surface area contributed by atoms with Crippen molar-refractivity contribution in [2.45, 2.75) is 32.0 Å². The maximum absolute atomic E-state index is 12.4. The smallest absolute Gasteiger partial charge is 0.416 e. The lowest BCUT2D eigenvalue weighted by atomic mass is 10.0. The normalized spacial score (nSPS) is 22.0. The molecular weight excluding hydrogens is 299 g/mol. The van der Waals surface area contributed by atoms with E-state index in [0.717, 1.165) is 12.1 Å². The zero-order valence-electron chi connectivity index (χ0n) is 11.9. The van der Waals surface area contributed by atoms with Gasteiger partial charge in [0.25, 0.3) is 0 Å². The van der Waals surface area contributed by atoms with Gasteiger partial charge in [0.05, 0.1) is 17.4 Å². The predicted molar refractivity (Wildman–Crippen MR) is 72.0 cm³/mol. The van der Waals surface area contributed by atoms with Crippen LogP contribution in [0.25, 0.3) is 0 Å². The number of amides is 1. The number of hydrogen-bond donors (Lipinski definition) is 2. The van der Waals surface area contributed by atoms with Crippen molar-refractivity contribution in [3.05, 3.63) is 35.4 Å². The van der Waals surface area contributed by atoms with Crippen LogP contribution in [0.15, 0.2) is 24.3 Å². The van der Waals surface area contributed by atoms with Crippen molar-refractivity contribution in [3.8, 4) is 0 Å². The molecule has 0 aliphatic heterocycles. The molecule has 0 aromatic heterocycles. The predicted octanol–water partition coefficient (Wildman–Crippen LogP) is 2.47. The Balaban J connectivity index is 1.86. The van der Waals surface area contributed by atoms with Gasteiger partial charge in [-0.1, -0.05) is 12.1 Å². The highest BCUT2D eigenvalue weighted by molar-refractivity contribution is 5.89. The molecule has 3 atom stereocenters. The molecule has 0 heterocycles. The van der Waals surface area contributed by atoms with Gasteiger partial charge >= 0.3 is 12.1 Å². The van der Waals surface area contributed by atoms with E-state index in [-0.39, 0.29) is 11.9 Å². The Labute approximate surface area is 125 Å². The molecule has 2 rings (SSSR count). The molecule has 1 amide bonds. The molecule has 3 unspecified atom stereocenters. The molecule has 1 aliphatic carbocycles. The summed E-state index contributed by atoms with van der Waals surface area (Å²) in [5.41, 5.74) is -0.0402. The molecule has 1 aliphatic rings. The highest BCUT2D eigenvalue weighted by Crippen LogP contribution is 2.38. The summed E-state index contributed by atoms with van der Waals surface area (Å²) in [6.45, 7) is 1.73. The Morgan fingerprint density at radius 2 is 1.86 bits per heavy atom. The SMILES string of the molecule is CC(Cc1ccc(C(F)(F)F)cc1)NC(=O)C1CC1C(=O)O. The summed E-state index contributed by atoms with van der Waals surface area (Å²) in [6.07, 6.45) is -3.64. The number of benzene rings is 1. The molecule has 120 valence electrons. The highest BCUT2D eigenvalue weighted by atomic mass is 19.4. The molecule has 4 nitrogen and oxygen atoms in total. The second-order valence-corrected chi connectivity index (χ2v) is 5.60. The average molecular weight is 315 g/mol. The second-order valence-electron chi connectivity index (χ2n) is 5.60. The van der Waals surface area contributed by atoms with Gasteiger partial charge in [-0.2, -0.15) is 13.2 Å². The Morgan fingerprint density at radius 3 is 2.32 bits per heavy atom. The molecule has 7 heteroatoms. The van der Waals surface area contributed by atoms with Crippen LogP contribution in [0.4, 0.5) is 13.2 Å². The number of carboxylic acids is 1. The first kappa shape index (κ1) is 16.3. The van der Waals surface area contributed by atoms with Crippen LogP contribution in [-0.2, 0) is 22.2 Å². The molecule has 1 saturated carbocycles. The van der Waals surface area contributed by atoms with Gasteiger partial charge in [-0.15, -0.1) is 0 Å². The number of carbonyl (C=O) groups is 2. The van der Waals surface area contributed by atoms with Gasteiger partial charge in [-0.3, -0.25) is 9.59 Å². The molecule has 0 saturated heterocycles. The maximum atomic E-state index is 12.4. The third-order valence-electron chi connectivity index (χ3n) is 3.66. The van der Waals surface area contributed by atoms with Gasteiger partial charge in [0.15, 0.2) is 0 Å². The maximum Gasteiger partial charge on any atom is 0.416 e. The van der Waals surface area contributed by atoms with E-state index in [2.05, 4.69) is 5.32 Å². The molecule has 0 radical (unpaired) electrons. The van der Waals surface area contributed by atoms with Crippen LogP contribution >= 0.6 is 0 Å². The van der Waals surface area contributed by atoms with Gasteiger partial charge < -0.3 is 10.4 Å². The third-order valence-corrected chi connectivity index (χ3v) is 3.66. The Morgan fingerprint density at radius 1 is 1.27 bits per heavy atom. The fourth-order valence-corrected chi connectivity index (χ4v) is 2.34. The van der Waals surface area contributed by atoms with Crippen LogP contribution in [0.3, 0.4) is 0 Å². The third kappa shape index (κ3) is 3.99. The summed E-state index contributed by atoms with van der Waals surface area (Å²) in [7, 11) is 0. The Hall–Kier alpha value is -2.05. The Kier molecular flexibility index (Phi) is 4.44. The van der Waals surface area contributed by atoms with Crippen molar-refractivity contribution in [1.82, 2.24) is 5.32 Å². The number of rotatable bonds is 5. The number of alkyl halides is 3. The minimum absolute atomic E-state index is 0.278. The molecular formula is C15H16F3NO3. The fraction of sp³-hybridized carbons (Fsp3) is 0.467. The fourth-order valence-electron chi connectivity index (χ4n) is 2.34. The average Bonchev–Trinajstić information content (AvgIpc) is 3.18. The molecule has 1 aromatic carbocycles. The van der Waals surface area contributed by atoms with E-state index in [9.17, 15) is 22.8 Å². The molecule has 1 fully saturated rings. The lowest BCUT2D eigenvalue weighted by Gasteiger charge is -2.14. The van der Waals surface area contributed by atoms with Gasteiger partial charge in [-0.25, -0.2) is 0 Å². The lowest BCUT2D eigenvalue weighted by molar-refractivity contribution is -0.140. The topological polar surface area (TPSA) is 66.4 Å². The first-order valence-electron chi connectivity index (χ1n) is 6.88. The van der Waals surface area contributed by atoms with Crippen LogP contribution in [-0.4, -0.2) is 23.0 Å². The van der Waals surface area contributed by atoms with Gasteiger partial charge in [0.2, 0.25) is 5.91 Å². The van der Waals surface area contributed by atoms with Crippen molar-refractivity contribution < 1.29 is 27.9 Å². The summed E-state index contributed by atoms with van der Waals surface area (Å²) >= 11 is 0. The quantitative estimate of drug-likeness (QED) is 0.877. The number of carbonyl (C=O) groups excluding carboxylic acids is 1. The molecule has 1 aromatic rings. The first-order valence-corrected chi connectivity index (χ1v) is 6.88. The zero-order chi connectivity index (χ0) is 16.5. The summed E-state index contributed by atoms with van der Waals surface area (Å²) < 4.78 is 37.3. The summed E-state index contributed by atoms with van der Waals surface area (Å²) in [5.74, 6) is -2.40. The number of carboxylic acid groups (broad SMARTS) is 1. The highest BCUT2D eigenvalue weighted by Gasteiger charge is 2.48. The van der Waals surface area contributed by atoms with Crippen molar-refractivity contribution >= 4 is 11.9 Å². The summed E-state index contributed by atoms with van der Waals surface area (Å²) in [5, 5.41) is 11.5. The number of nitrogens with one attached hydrogen (secondary N) is 1. The number of aliphatic carboxylic acids is 1. The van der Waals surface area contributed by atoms with Gasteiger partial charge in [0.1, 0.15) is 0 Å². The van der Waals surface area contributed by atoms with Crippen molar-refractivity contribution in [2.75, 3.05) is 0 Å². The van der Waals surface area contributed by atoms with Crippen molar-refractivity contribution in [1.29, 1.82) is 0 Å². The van der Waals surface area contributed by atoms with E-state index < -0.39 is 29.5 Å². The largest absolute Gasteiger partial charge is 0.481 e. The minimum Gasteiger partial charge on any atom is -0.481 e. The number of hydrogen-bond acceptors (Lipinski definition) is 2. The van der Waals surface area contributed by atoms with Crippen LogP contribution < -0.4 is 5.32 Å². The van der Waals surface area contributed by atoms with Crippen LogP contribution in [0.1, 0.15) is 24.5 Å². The van der Waals surface area contributed by atoms with E-state index in [0.29, 0.717) is 18.4 Å². The van der Waals surface area contributed by atoms with Crippen LogP contribution in [0, 0.1) is 11.8 Å². The Bertz CT molecular complexity index is 568. The lowest BCUT2D eigenvalue weighted by Crippen LogP contribution is -2.35. The second kappa shape index (κ2) is 5.98. The number of halogens is 3. The van der Waals surface area contributed by atoms with Crippen LogP contribution in [0.5, 0.6) is 0 Å². The van der Waals surface area contributed by atoms with Crippen molar-refractivity contribution in [3.63, 3.8) is 0 Å². The van der Waals surface area contributed by atoms with Gasteiger partial charge in [0, 0.05) is 6.04 Å². The monoisotopic (exact) mass is 315 g/mol. The zero-order valence-corrected chi connectivity index (χ0v) is 11.9. The first-order chi connectivity index (χ1) is 10.2. The molecule has 22 heavy (non-hydrogen) atoms. The standard InChI is InChI=1S/C15H16F3NO3/c1-8(19-13(20)11-7-12(11)14(21)22)6-9-2-4-10(5-3-9)15(16,17)18/h2-5,8,11-12H,6-7H2,1H3,(H,19,20)(H,21,22).